The van der Waals surface area contributed by atoms with Gasteiger partial charge in [-0.25, -0.2) is 0 Å². The summed E-state index contributed by atoms with van der Waals surface area (Å²) in [5, 5.41) is 3.52. The van der Waals surface area contributed by atoms with Crippen LogP contribution in [0.15, 0.2) is 29.3 Å². The third kappa shape index (κ3) is 4.47. The summed E-state index contributed by atoms with van der Waals surface area (Å²) in [6, 6.07) is 9.49. The fourth-order valence-electron chi connectivity index (χ4n) is 3.06. The van der Waals surface area contributed by atoms with E-state index in [-0.39, 0.29) is 0 Å². The molecule has 0 bridgehead atoms. The molecule has 1 aliphatic heterocycles. The first-order chi connectivity index (χ1) is 10.6. The van der Waals surface area contributed by atoms with Crippen LogP contribution in [-0.2, 0) is 13.0 Å². The highest BCUT2D eigenvalue weighted by Crippen LogP contribution is 2.13. The Morgan fingerprint density at radius 2 is 2.00 bits per heavy atom. The minimum absolute atomic E-state index is 0.633. The highest BCUT2D eigenvalue weighted by atomic mass is 15.3. The van der Waals surface area contributed by atoms with E-state index >= 15 is 0 Å². The van der Waals surface area contributed by atoms with Crippen LogP contribution >= 0.6 is 0 Å². The lowest BCUT2D eigenvalue weighted by Gasteiger charge is -2.25. The lowest BCUT2D eigenvalue weighted by Crippen LogP contribution is -2.44. The SMILES string of the molecule is CCc1ccc(CN(C)C(=NC)NCC2CCCN2C)cc1. The number of guanidine groups is 1. The average molecular weight is 302 g/mol. The van der Waals surface area contributed by atoms with Crippen LogP contribution in [0.4, 0.5) is 0 Å². The van der Waals surface area contributed by atoms with Gasteiger partial charge >= 0.3 is 0 Å². The fraction of sp³-hybridized carbons (Fsp3) is 0.611. The number of likely N-dealkylation sites (N-methyl/N-ethyl adjacent to an activating group) is 1. The molecule has 1 N–H and O–H groups in total. The third-order valence-electron chi connectivity index (χ3n) is 4.59. The molecule has 1 saturated heterocycles. The van der Waals surface area contributed by atoms with Crippen molar-refractivity contribution in [3.8, 4) is 0 Å². The summed E-state index contributed by atoms with van der Waals surface area (Å²) < 4.78 is 0. The summed E-state index contributed by atoms with van der Waals surface area (Å²) in [4.78, 5) is 9.04. The molecule has 22 heavy (non-hydrogen) atoms. The quantitative estimate of drug-likeness (QED) is 0.669. The van der Waals surface area contributed by atoms with E-state index in [2.05, 4.69) is 65.4 Å². The number of aryl methyl sites for hydroxylation is 1. The summed E-state index contributed by atoms with van der Waals surface area (Å²) in [7, 11) is 6.17. The number of benzene rings is 1. The van der Waals surface area contributed by atoms with Crippen molar-refractivity contribution in [2.45, 2.75) is 38.8 Å². The van der Waals surface area contributed by atoms with Gasteiger partial charge in [0.25, 0.3) is 0 Å². The van der Waals surface area contributed by atoms with Crippen LogP contribution in [0.2, 0.25) is 0 Å². The fourth-order valence-corrected chi connectivity index (χ4v) is 3.06. The maximum absolute atomic E-state index is 4.42. The van der Waals surface area contributed by atoms with E-state index < -0.39 is 0 Å². The van der Waals surface area contributed by atoms with Gasteiger partial charge in [0.1, 0.15) is 0 Å². The Balaban J connectivity index is 1.86. The molecule has 0 amide bonds. The molecule has 1 unspecified atom stereocenters. The van der Waals surface area contributed by atoms with Gasteiger partial charge in [-0.2, -0.15) is 0 Å². The number of nitrogens with zero attached hydrogens (tertiary/aromatic N) is 3. The van der Waals surface area contributed by atoms with E-state index in [0.717, 1.165) is 25.5 Å². The predicted octanol–water partition coefficient (Wildman–Crippen LogP) is 2.35. The van der Waals surface area contributed by atoms with Crippen LogP contribution in [0.3, 0.4) is 0 Å². The zero-order chi connectivity index (χ0) is 15.9. The van der Waals surface area contributed by atoms with Gasteiger partial charge in [-0.15, -0.1) is 0 Å². The Bertz CT molecular complexity index is 480. The summed E-state index contributed by atoms with van der Waals surface area (Å²) in [5.74, 6) is 0.972. The molecule has 1 aromatic rings. The van der Waals surface area contributed by atoms with Gasteiger partial charge in [-0.05, 0) is 44.0 Å². The molecule has 0 saturated carbocycles. The van der Waals surface area contributed by atoms with E-state index in [1.807, 2.05) is 7.05 Å². The Kier molecular flexibility index (Phi) is 6.25. The number of hydrogen-bond acceptors (Lipinski definition) is 2. The molecule has 0 aliphatic carbocycles. The topological polar surface area (TPSA) is 30.9 Å². The van der Waals surface area contributed by atoms with Gasteiger partial charge in [0.2, 0.25) is 0 Å². The minimum atomic E-state index is 0.633. The third-order valence-corrected chi connectivity index (χ3v) is 4.59. The molecule has 0 aromatic heterocycles. The van der Waals surface area contributed by atoms with Crippen molar-refractivity contribution in [2.75, 3.05) is 34.2 Å². The van der Waals surface area contributed by atoms with Crippen LogP contribution in [0.1, 0.15) is 30.9 Å². The summed E-state index contributed by atoms with van der Waals surface area (Å²) >= 11 is 0. The zero-order valence-electron chi connectivity index (χ0n) is 14.5. The number of hydrogen-bond donors (Lipinski definition) is 1. The first-order valence-electron chi connectivity index (χ1n) is 8.34. The lowest BCUT2D eigenvalue weighted by atomic mass is 10.1. The van der Waals surface area contributed by atoms with Gasteiger partial charge in [0, 0.05) is 33.2 Å². The molecular formula is C18H30N4. The van der Waals surface area contributed by atoms with Gasteiger partial charge in [0.15, 0.2) is 5.96 Å². The standard InChI is InChI=1S/C18H30N4/c1-5-15-8-10-16(11-9-15)14-22(4)18(19-2)20-13-17-7-6-12-21(17)3/h8-11,17H,5-7,12-14H2,1-4H3,(H,19,20). The predicted molar refractivity (Wildman–Crippen MR) is 94.3 cm³/mol. The second-order valence-electron chi connectivity index (χ2n) is 6.23. The molecule has 4 heteroatoms. The number of aliphatic imine (C=N–C) groups is 1. The molecule has 0 radical (unpaired) electrons. The van der Waals surface area contributed by atoms with E-state index in [0.29, 0.717) is 6.04 Å². The van der Waals surface area contributed by atoms with Crippen LogP contribution in [0.25, 0.3) is 0 Å². The number of nitrogens with one attached hydrogen (secondary N) is 1. The molecule has 2 rings (SSSR count). The maximum Gasteiger partial charge on any atom is 0.193 e. The van der Waals surface area contributed by atoms with Crippen molar-refractivity contribution in [1.29, 1.82) is 0 Å². The Hall–Kier alpha value is -1.55. The molecule has 4 nitrogen and oxygen atoms in total. The Morgan fingerprint density at radius 3 is 2.55 bits per heavy atom. The molecule has 1 fully saturated rings. The normalized spacial score (nSPS) is 19.5. The van der Waals surface area contributed by atoms with E-state index in [9.17, 15) is 0 Å². The van der Waals surface area contributed by atoms with Crippen molar-refractivity contribution < 1.29 is 0 Å². The van der Waals surface area contributed by atoms with Gasteiger partial charge in [-0.1, -0.05) is 31.2 Å². The molecule has 1 aliphatic rings. The average Bonchev–Trinajstić information content (AvgIpc) is 2.94. The molecular weight excluding hydrogens is 272 g/mol. The van der Waals surface area contributed by atoms with Crippen molar-refractivity contribution in [3.05, 3.63) is 35.4 Å². The maximum atomic E-state index is 4.42. The summed E-state index contributed by atoms with van der Waals surface area (Å²) in [5.41, 5.74) is 2.71. The van der Waals surface area contributed by atoms with Gasteiger partial charge in [0.05, 0.1) is 0 Å². The molecule has 122 valence electrons. The number of likely N-dealkylation sites (tertiary alicyclic amines) is 1. The van der Waals surface area contributed by atoms with Gasteiger partial charge < -0.3 is 15.1 Å². The highest BCUT2D eigenvalue weighted by Gasteiger charge is 2.21. The Labute approximate surface area is 135 Å². The molecule has 1 aromatic carbocycles. The smallest absolute Gasteiger partial charge is 0.193 e. The Morgan fingerprint density at radius 1 is 1.32 bits per heavy atom. The lowest BCUT2D eigenvalue weighted by molar-refractivity contribution is 0.306. The van der Waals surface area contributed by atoms with Crippen molar-refractivity contribution >= 4 is 5.96 Å². The first-order valence-corrected chi connectivity index (χ1v) is 8.34. The largest absolute Gasteiger partial charge is 0.355 e. The van der Waals surface area contributed by atoms with E-state index in [1.54, 1.807) is 0 Å². The van der Waals surface area contributed by atoms with Crippen LogP contribution in [-0.4, -0.2) is 56.0 Å². The summed E-state index contributed by atoms with van der Waals surface area (Å²) in [6.45, 7) is 5.25. The van der Waals surface area contributed by atoms with Crippen LogP contribution in [0, 0.1) is 0 Å². The minimum Gasteiger partial charge on any atom is -0.355 e. The zero-order valence-corrected chi connectivity index (χ0v) is 14.5. The molecule has 1 atom stereocenters. The summed E-state index contributed by atoms with van der Waals surface area (Å²) in [6.07, 6.45) is 3.68. The van der Waals surface area contributed by atoms with Crippen molar-refractivity contribution in [3.63, 3.8) is 0 Å². The second-order valence-corrected chi connectivity index (χ2v) is 6.23. The van der Waals surface area contributed by atoms with Crippen molar-refractivity contribution in [1.82, 2.24) is 15.1 Å². The van der Waals surface area contributed by atoms with E-state index in [4.69, 9.17) is 0 Å². The molecule has 1 heterocycles. The van der Waals surface area contributed by atoms with Crippen LogP contribution in [0.5, 0.6) is 0 Å². The highest BCUT2D eigenvalue weighted by molar-refractivity contribution is 5.79. The monoisotopic (exact) mass is 302 g/mol. The number of rotatable bonds is 5. The second kappa shape index (κ2) is 8.18. The molecule has 0 spiro atoms. The first kappa shape index (κ1) is 16.8. The van der Waals surface area contributed by atoms with Gasteiger partial charge in [-0.3, -0.25) is 4.99 Å². The van der Waals surface area contributed by atoms with Crippen molar-refractivity contribution in [2.24, 2.45) is 4.99 Å². The van der Waals surface area contributed by atoms with Crippen LogP contribution < -0.4 is 5.32 Å². The van der Waals surface area contributed by atoms with E-state index in [1.165, 1.54) is 30.5 Å².